The summed E-state index contributed by atoms with van der Waals surface area (Å²) in [4.78, 5) is 3.90. The number of aliphatic hydroxyl groups is 1. The van der Waals surface area contributed by atoms with Crippen LogP contribution in [0.4, 0.5) is 0 Å². The van der Waals surface area contributed by atoms with E-state index in [9.17, 15) is 5.11 Å². The third-order valence-corrected chi connectivity index (χ3v) is 2.22. The van der Waals surface area contributed by atoms with Gasteiger partial charge in [0.05, 0.1) is 6.10 Å². The lowest BCUT2D eigenvalue weighted by Crippen LogP contribution is -1.96. The largest absolute Gasteiger partial charge is 0.388 e. The molecule has 3 heteroatoms. The summed E-state index contributed by atoms with van der Waals surface area (Å²) in [6.07, 6.45) is 5.09. The van der Waals surface area contributed by atoms with Crippen LogP contribution in [-0.4, -0.2) is 10.1 Å². The number of hydrogen-bond acceptors (Lipinski definition) is 2. The maximum absolute atomic E-state index is 9.57. The van der Waals surface area contributed by atoms with Gasteiger partial charge in [-0.3, -0.25) is 4.98 Å². The first-order valence-corrected chi connectivity index (χ1v) is 4.43. The monoisotopic (exact) mass is 227 g/mol. The molecule has 0 bridgehead atoms. The molecule has 0 saturated carbocycles. The third-order valence-electron chi connectivity index (χ3n) is 1.55. The number of nitrogens with zero attached hydrogens (tertiary/aromatic N) is 1. The summed E-state index contributed by atoms with van der Waals surface area (Å²) in [5, 5.41) is 9.57. The van der Waals surface area contributed by atoms with Crippen molar-refractivity contribution in [1.29, 1.82) is 0 Å². The van der Waals surface area contributed by atoms with E-state index < -0.39 is 6.10 Å². The van der Waals surface area contributed by atoms with Gasteiger partial charge in [0.1, 0.15) is 0 Å². The second kappa shape index (κ2) is 4.38. The van der Waals surface area contributed by atoms with E-state index in [0.29, 0.717) is 6.42 Å². The zero-order chi connectivity index (χ0) is 8.97. The van der Waals surface area contributed by atoms with E-state index in [2.05, 4.69) is 27.5 Å². The van der Waals surface area contributed by atoms with Crippen molar-refractivity contribution in [1.82, 2.24) is 4.98 Å². The van der Waals surface area contributed by atoms with E-state index in [-0.39, 0.29) is 0 Å². The molecule has 1 aromatic heterocycles. The molecule has 0 radical (unpaired) electrons. The molecular weight excluding hydrogens is 218 g/mol. The SMILES string of the molecule is C=CCC(O)c1ccncc1Br. The highest BCUT2D eigenvalue weighted by Gasteiger charge is 2.08. The topological polar surface area (TPSA) is 33.1 Å². The molecule has 0 aliphatic rings. The first-order chi connectivity index (χ1) is 5.75. The fourth-order valence-corrected chi connectivity index (χ4v) is 1.46. The van der Waals surface area contributed by atoms with Crippen LogP contribution in [-0.2, 0) is 0 Å². The standard InChI is InChI=1S/C9H10BrNO/c1-2-3-9(12)7-4-5-11-6-8(7)10/h2,4-6,9,12H,1,3H2. The summed E-state index contributed by atoms with van der Waals surface area (Å²) < 4.78 is 0.833. The fourth-order valence-electron chi connectivity index (χ4n) is 0.941. The van der Waals surface area contributed by atoms with Gasteiger partial charge in [0.15, 0.2) is 0 Å². The van der Waals surface area contributed by atoms with Crippen LogP contribution in [0.1, 0.15) is 18.1 Å². The van der Waals surface area contributed by atoms with E-state index in [1.807, 2.05) is 0 Å². The first kappa shape index (κ1) is 9.42. The predicted molar refractivity (Wildman–Crippen MR) is 51.7 cm³/mol. The van der Waals surface area contributed by atoms with E-state index in [1.54, 1.807) is 24.5 Å². The number of rotatable bonds is 3. The molecule has 0 spiro atoms. The van der Waals surface area contributed by atoms with Gasteiger partial charge in [0, 0.05) is 16.9 Å². The molecule has 0 aliphatic carbocycles. The van der Waals surface area contributed by atoms with Gasteiger partial charge >= 0.3 is 0 Å². The van der Waals surface area contributed by atoms with Crippen molar-refractivity contribution in [2.45, 2.75) is 12.5 Å². The molecule has 1 heterocycles. The number of pyridine rings is 1. The minimum Gasteiger partial charge on any atom is -0.388 e. The molecule has 1 rings (SSSR count). The molecule has 0 saturated heterocycles. The maximum atomic E-state index is 9.57. The minimum atomic E-state index is -0.486. The molecule has 1 N–H and O–H groups in total. The Morgan fingerprint density at radius 2 is 2.50 bits per heavy atom. The third kappa shape index (κ3) is 2.16. The first-order valence-electron chi connectivity index (χ1n) is 3.64. The summed E-state index contributed by atoms with van der Waals surface area (Å²) >= 11 is 3.31. The summed E-state index contributed by atoms with van der Waals surface area (Å²) in [7, 11) is 0. The van der Waals surface area contributed by atoms with Crippen molar-refractivity contribution in [2.24, 2.45) is 0 Å². The molecule has 0 amide bonds. The summed E-state index contributed by atoms with van der Waals surface area (Å²) in [6.45, 7) is 3.56. The Bertz CT molecular complexity index is 275. The number of aliphatic hydroxyl groups excluding tert-OH is 1. The molecule has 2 nitrogen and oxygen atoms in total. The van der Waals surface area contributed by atoms with Gasteiger partial charge in [0.25, 0.3) is 0 Å². The Balaban J connectivity index is 2.86. The van der Waals surface area contributed by atoms with Crippen LogP contribution in [0.25, 0.3) is 0 Å². The van der Waals surface area contributed by atoms with Gasteiger partial charge in [-0.1, -0.05) is 6.08 Å². The lowest BCUT2D eigenvalue weighted by atomic mass is 10.1. The molecule has 1 atom stereocenters. The van der Waals surface area contributed by atoms with Gasteiger partial charge in [-0.2, -0.15) is 0 Å². The minimum absolute atomic E-state index is 0.486. The van der Waals surface area contributed by atoms with Crippen molar-refractivity contribution in [3.63, 3.8) is 0 Å². The second-order valence-electron chi connectivity index (χ2n) is 2.44. The average molecular weight is 228 g/mol. The molecule has 1 unspecified atom stereocenters. The van der Waals surface area contributed by atoms with Crippen LogP contribution in [0, 0.1) is 0 Å². The van der Waals surface area contributed by atoms with Gasteiger partial charge in [-0.15, -0.1) is 6.58 Å². The molecule has 0 aliphatic heterocycles. The molecule has 12 heavy (non-hydrogen) atoms. The number of aromatic nitrogens is 1. The van der Waals surface area contributed by atoms with Crippen molar-refractivity contribution in [2.75, 3.05) is 0 Å². The zero-order valence-electron chi connectivity index (χ0n) is 6.57. The van der Waals surface area contributed by atoms with Crippen LogP contribution in [0.15, 0.2) is 35.6 Å². The van der Waals surface area contributed by atoms with Gasteiger partial charge < -0.3 is 5.11 Å². The lowest BCUT2D eigenvalue weighted by Gasteiger charge is -2.09. The fraction of sp³-hybridized carbons (Fsp3) is 0.222. The van der Waals surface area contributed by atoms with Crippen molar-refractivity contribution in [3.05, 3.63) is 41.2 Å². The van der Waals surface area contributed by atoms with Gasteiger partial charge in [0.2, 0.25) is 0 Å². The van der Waals surface area contributed by atoms with Crippen LogP contribution in [0.3, 0.4) is 0 Å². The Morgan fingerprint density at radius 1 is 1.75 bits per heavy atom. The predicted octanol–water partition coefficient (Wildman–Crippen LogP) is 2.45. The summed E-state index contributed by atoms with van der Waals surface area (Å²) in [5.41, 5.74) is 0.852. The summed E-state index contributed by atoms with van der Waals surface area (Å²) in [6, 6.07) is 1.79. The van der Waals surface area contributed by atoms with Crippen molar-refractivity contribution >= 4 is 15.9 Å². The van der Waals surface area contributed by atoms with Crippen LogP contribution in [0.2, 0.25) is 0 Å². The quantitative estimate of drug-likeness (QED) is 0.806. The lowest BCUT2D eigenvalue weighted by molar-refractivity contribution is 0.181. The Morgan fingerprint density at radius 3 is 3.08 bits per heavy atom. The number of halogens is 1. The maximum Gasteiger partial charge on any atom is 0.0836 e. The van der Waals surface area contributed by atoms with Gasteiger partial charge in [-0.05, 0) is 34.0 Å². The van der Waals surface area contributed by atoms with Crippen LogP contribution >= 0.6 is 15.9 Å². The Labute approximate surface area is 80.1 Å². The van der Waals surface area contributed by atoms with Gasteiger partial charge in [-0.25, -0.2) is 0 Å². The molecule has 64 valence electrons. The molecule has 0 fully saturated rings. The normalized spacial score (nSPS) is 12.5. The van der Waals surface area contributed by atoms with Crippen LogP contribution < -0.4 is 0 Å². The van der Waals surface area contributed by atoms with E-state index in [1.165, 1.54) is 0 Å². The highest BCUT2D eigenvalue weighted by atomic mass is 79.9. The van der Waals surface area contributed by atoms with E-state index in [0.717, 1.165) is 10.0 Å². The Kier molecular flexibility index (Phi) is 3.44. The van der Waals surface area contributed by atoms with Crippen molar-refractivity contribution in [3.8, 4) is 0 Å². The molecular formula is C9H10BrNO. The highest BCUT2D eigenvalue weighted by molar-refractivity contribution is 9.10. The highest BCUT2D eigenvalue weighted by Crippen LogP contribution is 2.24. The van der Waals surface area contributed by atoms with Crippen LogP contribution in [0.5, 0.6) is 0 Å². The second-order valence-corrected chi connectivity index (χ2v) is 3.29. The summed E-state index contributed by atoms with van der Waals surface area (Å²) in [5.74, 6) is 0. The Hall–Kier alpha value is -0.670. The molecule has 1 aromatic rings. The number of hydrogen-bond donors (Lipinski definition) is 1. The smallest absolute Gasteiger partial charge is 0.0836 e. The molecule has 0 aromatic carbocycles. The average Bonchev–Trinajstić information content (AvgIpc) is 2.05. The zero-order valence-corrected chi connectivity index (χ0v) is 8.16. The van der Waals surface area contributed by atoms with E-state index in [4.69, 9.17) is 0 Å². The van der Waals surface area contributed by atoms with Crippen molar-refractivity contribution < 1.29 is 5.11 Å². The van der Waals surface area contributed by atoms with E-state index >= 15 is 0 Å².